The molecular weight excluding hydrogens is 472 g/mol. The fraction of sp³-hybridized carbons (Fsp3) is 0.385. The number of aromatic nitrogens is 1. The first-order valence-electron chi connectivity index (χ1n) is 11.6. The van der Waals surface area contributed by atoms with Crippen LogP contribution in [0.4, 0.5) is 13.9 Å². The number of piperazine rings is 1. The van der Waals surface area contributed by atoms with E-state index in [2.05, 4.69) is 28.6 Å². The molecule has 1 aliphatic heterocycles. The van der Waals surface area contributed by atoms with Gasteiger partial charge < -0.3 is 14.7 Å². The Labute approximate surface area is 207 Å². The molecule has 0 amide bonds. The number of ether oxygens (including phenoxy) is 1. The van der Waals surface area contributed by atoms with Crippen LogP contribution in [0.3, 0.4) is 0 Å². The number of rotatable bonds is 8. The van der Waals surface area contributed by atoms with Gasteiger partial charge >= 0.3 is 5.97 Å². The van der Waals surface area contributed by atoms with Gasteiger partial charge in [0.1, 0.15) is 24.0 Å². The Morgan fingerprint density at radius 1 is 1.17 bits per heavy atom. The van der Waals surface area contributed by atoms with Crippen LogP contribution in [0.2, 0.25) is 0 Å². The van der Waals surface area contributed by atoms with Crippen LogP contribution in [0.1, 0.15) is 25.0 Å². The molecule has 9 heteroatoms. The van der Waals surface area contributed by atoms with Gasteiger partial charge in [-0.2, -0.15) is 0 Å². The zero-order valence-corrected chi connectivity index (χ0v) is 20.8. The summed E-state index contributed by atoms with van der Waals surface area (Å²) in [6.45, 7) is 9.00. The number of aryl methyl sites for hydroxylation is 1. The van der Waals surface area contributed by atoms with Crippen molar-refractivity contribution < 1.29 is 23.4 Å². The van der Waals surface area contributed by atoms with Crippen LogP contribution in [0.15, 0.2) is 42.6 Å². The molecule has 0 aliphatic carbocycles. The SMILES string of the molecule is Cc1ccc(CC(=O)O)cc1OCCN1C(C)CN(c2ncc(-c3cc(F)ccc3F)s2)CC1C. The van der Waals surface area contributed by atoms with Gasteiger partial charge in [0.25, 0.3) is 0 Å². The number of halogens is 2. The van der Waals surface area contributed by atoms with E-state index in [1.165, 1.54) is 17.4 Å². The smallest absolute Gasteiger partial charge is 0.307 e. The maximum atomic E-state index is 14.2. The summed E-state index contributed by atoms with van der Waals surface area (Å²) >= 11 is 1.37. The molecule has 1 saturated heterocycles. The first-order chi connectivity index (χ1) is 16.7. The third-order valence-corrected chi connectivity index (χ3v) is 7.37. The summed E-state index contributed by atoms with van der Waals surface area (Å²) in [7, 11) is 0. The molecule has 35 heavy (non-hydrogen) atoms. The average Bonchev–Trinajstić information content (AvgIpc) is 3.29. The van der Waals surface area contributed by atoms with E-state index in [0.29, 0.717) is 17.2 Å². The van der Waals surface area contributed by atoms with Crippen molar-refractivity contribution >= 4 is 22.4 Å². The Kier molecular flexibility index (Phi) is 7.66. The Bertz CT molecular complexity index is 1190. The summed E-state index contributed by atoms with van der Waals surface area (Å²) in [5.41, 5.74) is 1.92. The van der Waals surface area contributed by atoms with E-state index in [4.69, 9.17) is 9.84 Å². The number of nitrogens with zero attached hydrogens (tertiary/aromatic N) is 3. The van der Waals surface area contributed by atoms with Gasteiger partial charge in [-0.3, -0.25) is 9.69 Å². The highest BCUT2D eigenvalue weighted by Crippen LogP contribution is 2.34. The van der Waals surface area contributed by atoms with Crippen LogP contribution in [0, 0.1) is 18.6 Å². The number of carboxylic acid groups (broad SMARTS) is 1. The van der Waals surface area contributed by atoms with Crippen molar-refractivity contribution in [3.8, 4) is 16.2 Å². The number of benzene rings is 2. The van der Waals surface area contributed by atoms with Crippen LogP contribution < -0.4 is 9.64 Å². The second kappa shape index (κ2) is 10.7. The van der Waals surface area contributed by atoms with Crippen molar-refractivity contribution in [1.29, 1.82) is 0 Å². The minimum Gasteiger partial charge on any atom is -0.492 e. The molecule has 2 aromatic carbocycles. The molecule has 1 aliphatic rings. The molecule has 2 atom stereocenters. The molecule has 0 radical (unpaired) electrons. The largest absolute Gasteiger partial charge is 0.492 e. The van der Waals surface area contributed by atoms with Gasteiger partial charge in [0, 0.05) is 43.5 Å². The molecule has 1 N–H and O–H groups in total. The second-order valence-corrected chi connectivity index (χ2v) is 10.0. The molecule has 0 spiro atoms. The molecule has 6 nitrogen and oxygen atoms in total. The number of anilines is 1. The van der Waals surface area contributed by atoms with Crippen LogP contribution in [0.25, 0.3) is 10.4 Å². The van der Waals surface area contributed by atoms with Crippen molar-refractivity contribution in [3.63, 3.8) is 0 Å². The summed E-state index contributed by atoms with van der Waals surface area (Å²) in [6, 6.07) is 9.42. The van der Waals surface area contributed by atoms with E-state index >= 15 is 0 Å². The van der Waals surface area contributed by atoms with Crippen molar-refractivity contribution in [2.45, 2.75) is 39.3 Å². The van der Waals surface area contributed by atoms with E-state index in [0.717, 1.165) is 48.0 Å². The number of carbonyl (C=O) groups is 1. The quantitative estimate of drug-likeness (QED) is 0.469. The Balaban J connectivity index is 1.36. The Morgan fingerprint density at radius 2 is 1.91 bits per heavy atom. The van der Waals surface area contributed by atoms with Crippen molar-refractivity contribution in [2.24, 2.45) is 0 Å². The van der Waals surface area contributed by atoms with Gasteiger partial charge in [0.15, 0.2) is 5.13 Å². The van der Waals surface area contributed by atoms with Gasteiger partial charge in [-0.1, -0.05) is 23.5 Å². The summed E-state index contributed by atoms with van der Waals surface area (Å²) in [5, 5.41) is 9.83. The highest BCUT2D eigenvalue weighted by Gasteiger charge is 2.30. The number of carboxylic acids is 1. The van der Waals surface area contributed by atoms with Crippen molar-refractivity contribution in [1.82, 2.24) is 9.88 Å². The summed E-state index contributed by atoms with van der Waals surface area (Å²) in [5.74, 6) is -1.09. The third-order valence-electron chi connectivity index (χ3n) is 6.27. The van der Waals surface area contributed by atoms with Gasteiger partial charge in [-0.25, -0.2) is 13.8 Å². The molecule has 0 saturated carbocycles. The first kappa shape index (κ1) is 25.1. The standard InChI is InChI=1S/C26H29F2N3O3S/c1-16-4-5-19(11-25(32)33)10-23(16)34-9-8-31-17(2)14-30(15-18(31)3)26-29-13-24(35-26)21-12-20(27)6-7-22(21)28/h4-7,10,12-13,17-18H,8-9,11,14-15H2,1-3H3,(H,32,33). The number of hydrogen-bond acceptors (Lipinski definition) is 6. The molecule has 186 valence electrons. The zero-order valence-electron chi connectivity index (χ0n) is 20.0. The average molecular weight is 502 g/mol. The fourth-order valence-corrected chi connectivity index (χ4v) is 5.47. The minimum atomic E-state index is -0.867. The molecule has 4 rings (SSSR count). The molecule has 1 fully saturated rings. The van der Waals surface area contributed by atoms with Gasteiger partial charge in [0.05, 0.1) is 11.3 Å². The summed E-state index contributed by atoms with van der Waals surface area (Å²) in [4.78, 5) is 20.7. The second-order valence-electron chi connectivity index (χ2n) is 8.99. The van der Waals surface area contributed by atoms with Gasteiger partial charge in [0.2, 0.25) is 0 Å². The molecular formula is C26H29F2N3O3S. The highest BCUT2D eigenvalue weighted by molar-refractivity contribution is 7.18. The molecule has 2 unspecified atom stereocenters. The molecule has 3 aromatic rings. The monoisotopic (exact) mass is 501 g/mol. The number of aliphatic carboxylic acids is 1. The van der Waals surface area contributed by atoms with E-state index in [-0.39, 0.29) is 24.1 Å². The Hall–Kier alpha value is -3.04. The van der Waals surface area contributed by atoms with E-state index < -0.39 is 17.6 Å². The lowest BCUT2D eigenvalue weighted by atomic mass is 10.1. The van der Waals surface area contributed by atoms with Crippen LogP contribution in [0.5, 0.6) is 5.75 Å². The molecule has 0 bridgehead atoms. The summed E-state index contributed by atoms with van der Waals surface area (Å²) in [6.07, 6.45) is 1.57. The lowest BCUT2D eigenvalue weighted by Gasteiger charge is -2.44. The predicted molar refractivity (Wildman–Crippen MR) is 133 cm³/mol. The zero-order chi connectivity index (χ0) is 25.1. The summed E-state index contributed by atoms with van der Waals surface area (Å²) < 4.78 is 33.8. The minimum absolute atomic E-state index is 0.0308. The van der Waals surface area contributed by atoms with E-state index in [1.54, 1.807) is 12.3 Å². The number of hydrogen-bond donors (Lipinski definition) is 1. The third kappa shape index (κ3) is 5.97. The van der Waals surface area contributed by atoms with Gasteiger partial charge in [-0.15, -0.1) is 0 Å². The maximum absolute atomic E-state index is 14.2. The lowest BCUT2D eigenvalue weighted by Crippen LogP contribution is -2.57. The highest BCUT2D eigenvalue weighted by atomic mass is 32.1. The molecule has 1 aromatic heterocycles. The predicted octanol–water partition coefficient (Wildman–Crippen LogP) is 5.00. The Morgan fingerprint density at radius 3 is 2.63 bits per heavy atom. The van der Waals surface area contributed by atoms with E-state index in [1.807, 2.05) is 19.1 Å². The number of thiazole rings is 1. The van der Waals surface area contributed by atoms with Crippen LogP contribution >= 0.6 is 11.3 Å². The fourth-order valence-electron chi connectivity index (χ4n) is 4.52. The van der Waals surface area contributed by atoms with Crippen molar-refractivity contribution in [2.75, 3.05) is 31.1 Å². The lowest BCUT2D eigenvalue weighted by molar-refractivity contribution is -0.136. The van der Waals surface area contributed by atoms with Crippen molar-refractivity contribution in [3.05, 3.63) is 65.4 Å². The molecule has 2 heterocycles. The van der Waals surface area contributed by atoms with Crippen LogP contribution in [-0.2, 0) is 11.2 Å². The van der Waals surface area contributed by atoms with Gasteiger partial charge in [-0.05, 0) is 56.2 Å². The normalized spacial score (nSPS) is 18.6. The first-order valence-corrected chi connectivity index (χ1v) is 12.4. The topological polar surface area (TPSA) is 65.9 Å². The van der Waals surface area contributed by atoms with Crippen LogP contribution in [-0.4, -0.2) is 59.3 Å². The van der Waals surface area contributed by atoms with E-state index in [9.17, 15) is 13.6 Å². The maximum Gasteiger partial charge on any atom is 0.307 e.